The second-order valence-corrected chi connectivity index (χ2v) is 20.9. The number of unbranched alkanes of at least 4 members (excludes halogenated alkanes) is 20. The van der Waals surface area contributed by atoms with Crippen LogP contribution in [-0.2, 0) is 28.6 Å². The molecule has 0 saturated heterocycles. The molecule has 0 saturated carbocycles. The van der Waals surface area contributed by atoms with Crippen molar-refractivity contribution < 1.29 is 28.6 Å². The minimum Gasteiger partial charge on any atom is -0.462 e. The monoisotopic (exact) mass is 1100 g/mol. The van der Waals surface area contributed by atoms with Gasteiger partial charge in [-0.15, -0.1) is 0 Å². The van der Waals surface area contributed by atoms with E-state index in [4.69, 9.17) is 14.2 Å². The zero-order valence-electron chi connectivity index (χ0n) is 51.5. The molecule has 6 heteroatoms. The standard InChI is InChI=1S/C74H118O6/c1-4-7-10-13-16-18-20-22-24-26-28-30-32-33-34-35-36-37-38-39-40-41-43-44-46-48-50-52-54-56-58-61-64-67-73(76)79-70-71(69-78-72(75)66-63-60-15-12-9-6-3)80-74(77)68-65-62-59-57-55-53-51-49-47-45-42-31-29-27-25-23-21-19-17-14-11-8-5-2/h7-8,10-11,16-19,22-25,28-31,33-34,36-37,45,47,51,53,57,59,71H,4-6,9,12-15,20-21,26-27,32,35,38-44,46,48-50,52,54-56,58,60-70H2,1-3H3/b10-7-,11-8-,18-16-,19-17-,24-22-,25-23-,30-28-,31-29-,34-33-,37-36-,47-45-,53-51-,59-57-. The first-order valence-electron chi connectivity index (χ1n) is 32.5. The number of ether oxygens (including phenoxy) is 3. The fourth-order valence-electron chi connectivity index (χ4n) is 8.49. The van der Waals surface area contributed by atoms with Crippen LogP contribution in [0.1, 0.15) is 271 Å². The molecule has 0 aliphatic carbocycles. The van der Waals surface area contributed by atoms with Gasteiger partial charge in [0.1, 0.15) is 13.2 Å². The first-order valence-corrected chi connectivity index (χ1v) is 32.5. The van der Waals surface area contributed by atoms with E-state index in [1.54, 1.807) is 0 Å². The van der Waals surface area contributed by atoms with Gasteiger partial charge in [-0.1, -0.05) is 288 Å². The van der Waals surface area contributed by atoms with Gasteiger partial charge in [-0.3, -0.25) is 14.4 Å². The van der Waals surface area contributed by atoms with Gasteiger partial charge >= 0.3 is 17.9 Å². The molecule has 0 rings (SSSR count). The Hall–Kier alpha value is -4.97. The van der Waals surface area contributed by atoms with Crippen LogP contribution < -0.4 is 0 Å². The molecular weight excluding hydrogens is 985 g/mol. The molecule has 0 fully saturated rings. The van der Waals surface area contributed by atoms with Gasteiger partial charge in [-0.25, -0.2) is 0 Å². The molecule has 0 aliphatic rings. The van der Waals surface area contributed by atoms with Crippen LogP contribution >= 0.6 is 0 Å². The molecule has 0 aromatic heterocycles. The first-order chi connectivity index (χ1) is 39.5. The topological polar surface area (TPSA) is 78.9 Å². The molecule has 450 valence electrons. The van der Waals surface area contributed by atoms with Crippen molar-refractivity contribution in [3.8, 4) is 0 Å². The molecule has 0 aromatic carbocycles. The van der Waals surface area contributed by atoms with E-state index in [0.717, 1.165) is 128 Å². The first kappa shape index (κ1) is 75.0. The third-order valence-electron chi connectivity index (χ3n) is 13.3. The Kier molecular flexibility index (Phi) is 62.4. The van der Waals surface area contributed by atoms with E-state index in [1.807, 2.05) is 0 Å². The SMILES string of the molecule is CC/C=C\C/C=C\C/C=C\C/C=C\C/C=C\C/C=C\C/C=C\CCCC(=O)OC(COC(=O)CCCCCCCC)COC(=O)CCCCCCCCCCCCCCCC/C=C\C/C=C\C/C=C\C/C=C\C/C=C\C/C=C\CC. The molecule has 80 heavy (non-hydrogen) atoms. The fourth-order valence-corrected chi connectivity index (χ4v) is 8.49. The van der Waals surface area contributed by atoms with Gasteiger partial charge in [-0.05, 0) is 122 Å². The van der Waals surface area contributed by atoms with Crippen molar-refractivity contribution in [2.45, 2.75) is 277 Å². The third kappa shape index (κ3) is 63.9. The Morgan fingerprint density at radius 3 is 0.800 bits per heavy atom. The molecular formula is C74H118O6. The molecule has 1 unspecified atom stereocenters. The van der Waals surface area contributed by atoms with Crippen LogP contribution in [0.4, 0.5) is 0 Å². The predicted molar refractivity (Wildman–Crippen MR) is 348 cm³/mol. The summed E-state index contributed by atoms with van der Waals surface area (Å²) in [6, 6.07) is 0. The van der Waals surface area contributed by atoms with Gasteiger partial charge in [-0.2, -0.15) is 0 Å². The van der Waals surface area contributed by atoms with E-state index in [0.29, 0.717) is 19.3 Å². The molecule has 0 heterocycles. The molecule has 0 spiro atoms. The minimum absolute atomic E-state index is 0.105. The van der Waals surface area contributed by atoms with Crippen LogP contribution in [0.5, 0.6) is 0 Å². The average molecular weight is 1100 g/mol. The van der Waals surface area contributed by atoms with Crippen LogP contribution in [0.15, 0.2) is 158 Å². The Bertz CT molecular complexity index is 1790. The van der Waals surface area contributed by atoms with Crippen molar-refractivity contribution in [2.75, 3.05) is 13.2 Å². The Morgan fingerprint density at radius 1 is 0.263 bits per heavy atom. The van der Waals surface area contributed by atoms with E-state index in [2.05, 4.69) is 179 Å². The van der Waals surface area contributed by atoms with E-state index < -0.39 is 6.10 Å². The lowest BCUT2D eigenvalue weighted by molar-refractivity contribution is -0.167. The lowest BCUT2D eigenvalue weighted by atomic mass is 10.0. The Morgan fingerprint density at radius 2 is 0.500 bits per heavy atom. The summed E-state index contributed by atoms with van der Waals surface area (Å²) in [7, 11) is 0. The molecule has 0 amide bonds. The number of allylic oxidation sites excluding steroid dienone is 26. The summed E-state index contributed by atoms with van der Waals surface area (Å²) in [5, 5.41) is 0. The van der Waals surface area contributed by atoms with Crippen LogP contribution in [0.3, 0.4) is 0 Å². The smallest absolute Gasteiger partial charge is 0.306 e. The number of carbonyl (C=O) groups excluding carboxylic acids is 3. The highest BCUT2D eigenvalue weighted by Gasteiger charge is 2.19. The van der Waals surface area contributed by atoms with Crippen LogP contribution in [0.2, 0.25) is 0 Å². The van der Waals surface area contributed by atoms with E-state index in [1.165, 1.54) is 96.3 Å². The van der Waals surface area contributed by atoms with Crippen molar-refractivity contribution >= 4 is 17.9 Å². The minimum atomic E-state index is -0.812. The Labute approximate surface area is 492 Å². The molecule has 6 nitrogen and oxygen atoms in total. The van der Waals surface area contributed by atoms with Gasteiger partial charge in [0, 0.05) is 19.3 Å². The van der Waals surface area contributed by atoms with Gasteiger partial charge in [0.25, 0.3) is 0 Å². The van der Waals surface area contributed by atoms with E-state index >= 15 is 0 Å². The van der Waals surface area contributed by atoms with Crippen molar-refractivity contribution in [3.63, 3.8) is 0 Å². The van der Waals surface area contributed by atoms with E-state index in [-0.39, 0.29) is 37.5 Å². The maximum absolute atomic E-state index is 12.8. The molecule has 1 atom stereocenters. The molecule has 0 radical (unpaired) electrons. The van der Waals surface area contributed by atoms with Crippen molar-refractivity contribution in [2.24, 2.45) is 0 Å². The number of hydrogen-bond donors (Lipinski definition) is 0. The Balaban J connectivity index is 4.15. The maximum atomic E-state index is 12.8. The average Bonchev–Trinajstić information content (AvgIpc) is 3.46. The summed E-state index contributed by atoms with van der Waals surface area (Å²) in [6.07, 6.45) is 97.3. The zero-order chi connectivity index (χ0) is 57.8. The largest absolute Gasteiger partial charge is 0.462 e. The summed E-state index contributed by atoms with van der Waals surface area (Å²) in [5.74, 6) is -0.978. The quantitative estimate of drug-likeness (QED) is 0.0261. The normalized spacial score (nSPS) is 13.2. The summed E-state index contributed by atoms with van der Waals surface area (Å²) >= 11 is 0. The molecule has 0 aromatic rings. The second-order valence-electron chi connectivity index (χ2n) is 20.9. The van der Waals surface area contributed by atoms with Crippen molar-refractivity contribution in [3.05, 3.63) is 158 Å². The third-order valence-corrected chi connectivity index (χ3v) is 13.3. The van der Waals surface area contributed by atoms with Gasteiger partial charge in [0.15, 0.2) is 6.10 Å². The fraction of sp³-hybridized carbons (Fsp3) is 0.608. The summed E-state index contributed by atoms with van der Waals surface area (Å²) in [6.45, 7) is 6.30. The van der Waals surface area contributed by atoms with Crippen LogP contribution in [-0.4, -0.2) is 37.2 Å². The van der Waals surface area contributed by atoms with Gasteiger partial charge in [0.05, 0.1) is 0 Å². The van der Waals surface area contributed by atoms with Crippen molar-refractivity contribution in [1.82, 2.24) is 0 Å². The van der Waals surface area contributed by atoms with Crippen molar-refractivity contribution in [1.29, 1.82) is 0 Å². The summed E-state index contributed by atoms with van der Waals surface area (Å²) in [5.41, 5.74) is 0. The lowest BCUT2D eigenvalue weighted by Gasteiger charge is -2.18. The summed E-state index contributed by atoms with van der Waals surface area (Å²) in [4.78, 5) is 38.0. The second kappa shape index (κ2) is 66.5. The number of carbonyl (C=O) groups is 3. The maximum Gasteiger partial charge on any atom is 0.306 e. The number of esters is 3. The van der Waals surface area contributed by atoms with Gasteiger partial charge < -0.3 is 14.2 Å². The summed E-state index contributed by atoms with van der Waals surface area (Å²) < 4.78 is 16.7. The molecule has 0 aliphatic heterocycles. The highest BCUT2D eigenvalue weighted by Crippen LogP contribution is 2.15. The van der Waals surface area contributed by atoms with E-state index in [9.17, 15) is 14.4 Å². The van der Waals surface area contributed by atoms with Crippen LogP contribution in [0, 0.1) is 0 Å². The molecule has 0 bridgehead atoms. The highest BCUT2D eigenvalue weighted by molar-refractivity contribution is 5.71. The number of rotatable bonds is 57. The lowest BCUT2D eigenvalue weighted by Crippen LogP contribution is -2.30. The predicted octanol–water partition coefficient (Wildman–Crippen LogP) is 22.5. The van der Waals surface area contributed by atoms with Gasteiger partial charge in [0.2, 0.25) is 0 Å². The molecule has 0 N–H and O–H groups in total. The number of hydrogen-bond acceptors (Lipinski definition) is 6. The zero-order valence-corrected chi connectivity index (χ0v) is 51.5. The van der Waals surface area contributed by atoms with Crippen LogP contribution in [0.25, 0.3) is 0 Å². The highest BCUT2D eigenvalue weighted by atomic mass is 16.6.